The van der Waals surface area contributed by atoms with Gasteiger partial charge in [0.05, 0.1) is 24.8 Å². The molecule has 6 heteroatoms. The number of halogens is 2. The summed E-state index contributed by atoms with van der Waals surface area (Å²) in [7, 11) is 0. The van der Waals surface area contributed by atoms with E-state index >= 15 is 0 Å². The largest absolute Gasteiger partial charge is 0.373 e. The van der Waals surface area contributed by atoms with Gasteiger partial charge in [-0.05, 0) is 26.2 Å². The molecule has 2 N–H and O–H groups in total. The minimum atomic E-state index is 0. The third kappa shape index (κ3) is 4.28. The van der Waals surface area contributed by atoms with E-state index in [1.54, 1.807) is 0 Å². The molecule has 104 valence electrons. The van der Waals surface area contributed by atoms with Crippen LogP contribution in [0.3, 0.4) is 0 Å². The number of guanidine groups is 1. The molecule has 0 amide bonds. The van der Waals surface area contributed by atoms with Gasteiger partial charge in [-0.15, -0.1) is 24.0 Å². The molecule has 2 fully saturated rings. The Hall–Kier alpha value is -0.0100. The Morgan fingerprint density at radius 3 is 2.78 bits per heavy atom. The van der Waals surface area contributed by atoms with Crippen LogP contribution in [0.15, 0.2) is 16.6 Å². The minimum Gasteiger partial charge on any atom is -0.373 e. The number of aliphatic imine (C=N–C) groups is 1. The van der Waals surface area contributed by atoms with Crippen molar-refractivity contribution < 1.29 is 4.74 Å². The molecule has 3 atom stereocenters. The van der Waals surface area contributed by atoms with Crippen molar-refractivity contribution in [3.8, 4) is 0 Å². The molecule has 2 rings (SSSR count). The average molecular weight is 386 g/mol. The number of ether oxygens (including phenoxy) is 1. The van der Waals surface area contributed by atoms with Crippen LogP contribution in [0, 0.1) is 0 Å². The summed E-state index contributed by atoms with van der Waals surface area (Å²) in [6, 6.07) is 0.384. The topological polar surface area (TPSA) is 45.7 Å². The fourth-order valence-corrected chi connectivity index (χ4v) is 2.51. The van der Waals surface area contributed by atoms with Crippen LogP contribution in [0.25, 0.3) is 0 Å². The Morgan fingerprint density at radius 1 is 1.50 bits per heavy atom. The number of rotatable bonds is 4. The molecule has 0 aliphatic carbocycles. The quantitative estimate of drug-likeness (QED) is 0.443. The lowest BCUT2D eigenvalue weighted by molar-refractivity contribution is 0.0992. The third-order valence-electron chi connectivity index (χ3n) is 3.18. The molecule has 4 nitrogen and oxygen atoms in total. The maximum absolute atomic E-state index is 5.80. The monoisotopic (exact) mass is 385 g/mol. The van der Waals surface area contributed by atoms with Gasteiger partial charge in [0.2, 0.25) is 0 Å². The highest BCUT2D eigenvalue weighted by Gasteiger charge is 2.41. The minimum absolute atomic E-state index is 0. The Bertz CT molecular complexity index is 324. The lowest BCUT2D eigenvalue weighted by Gasteiger charge is -2.22. The zero-order valence-corrected chi connectivity index (χ0v) is 13.7. The smallest absolute Gasteiger partial charge is 0.191 e. The molecule has 3 unspecified atom stereocenters. The van der Waals surface area contributed by atoms with Crippen molar-refractivity contribution in [1.82, 2.24) is 10.6 Å². The number of nitrogens with one attached hydrogen (secondary N) is 2. The summed E-state index contributed by atoms with van der Waals surface area (Å²) < 4.78 is 5.80. The molecule has 2 aliphatic rings. The van der Waals surface area contributed by atoms with Gasteiger partial charge >= 0.3 is 0 Å². The first-order valence-electron chi connectivity index (χ1n) is 6.22. The highest BCUT2D eigenvalue weighted by atomic mass is 127. The normalized spacial score (nSPS) is 29.9. The number of fused-ring (bicyclic) bond motifs is 2. The van der Waals surface area contributed by atoms with Crippen molar-refractivity contribution in [2.45, 2.75) is 44.4 Å². The molecule has 18 heavy (non-hydrogen) atoms. The van der Waals surface area contributed by atoms with E-state index in [0.717, 1.165) is 25.3 Å². The molecule has 0 aromatic rings. The van der Waals surface area contributed by atoms with Crippen molar-refractivity contribution in [3.63, 3.8) is 0 Å². The van der Waals surface area contributed by atoms with Gasteiger partial charge in [-0.3, -0.25) is 0 Å². The van der Waals surface area contributed by atoms with E-state index in [4.69, 9.17) is 16.3 Å². The molecule has 2 aliphatic heterocycles. The summed E-state index contributed by atoms with van der Waals surface area (Å²) in [5.74, 6) is 0.801. The van der Waals surface area contributed by atoms with Crippen LogP contribution in [0.1, 0.15) is 26.2 Å². The number of hydrogen-bond donors (Lipinski definition) is 2. The Labute approximate surface area is 131 Å². The van der Waals surface area contributed by atoms with Gasteiger partial charge in [-0.1, -0.05) is 18.2 Å². The summed E-state index contributed by atoms with van der Waals surface area (Å²) in [5.41, 5.74) is 0. The van der Waals surface area contributed by atoms with Gasteiger partial charge in [-0.25, -0.2) is 4.99 Å². The van der Waals surface area contributed by atoms with Crippen molar-refractivity contribution in [3.05, 3.63) is 11.6 Å². The van der Waals surface area contributed by atoms with Gasteiger partial charge in [0, 0.05) is 11.6 Å². The first-order valence-corrected chi connectivity index (χ1v) is 6.60. The highest BCUT2D eigenvalue weighted by molar-refractivity contribution is 14.0. The van der Waals surface area contributed by atoms with E-state index in [1.165, 1.54) is 6.42 Å². The van der Waals surface area contributed by atoms with Crippen LogP contribution >= 0.6 is 35.6 Å². The highest BCUT2D eigenvalue weighted by Crippen LogP contribution is 2.34. The van der Waals surface area contributed by atoms with Crippen molar-refractivity contribution in [1.29, 1.82) is 0 Å². The molecule has 0 saturated carbocycles. The fraction of sp³-hybridized carbons (Fsp3) is 0.750. The van der Waals surface area contributed by atoms with Gasteiger partial charge in [0.25, 0.3) is 0 Å². The lowest BCUT2D eigenvalue weighted by Crippen LogP contribution is -2.47. The van der Waals surface area contributed by atoms with Crippen LogP contribution in [0.2, 0.25) is 0 Å². The van der Waals surface area contributed by atoms with Gasteiger partial charge in [0.15, 0.2) is 5.96 Å². The van der Waals surface area contributed by atoms with Crippen molar-refractivity contribution in [2.75, 3.05) is 13.1 Å². The van der Waals surface area contributed by atoms with Crippen LogP contribution in [-0.4, -0.2) is 37.3 Å². The SMILES string of the molecule is C=C(Cl)CN=C(NCC)NC1CC2CCC1O2.I. The predicted molar refractivity (Wildman–Crippen MR) is 85.8 cm³/mol. The van der Waals surface area contributed by atoms with Crippen LogP contribution < -0.4 is 10.6 Å². The lowest BCUT2D eigenvalue weighted by atomic mass is 9.96. The molecule has 2 saturated heterocycles. The summed E-state index contributed by atoms with van der Waals surface area (Å²) in [5, 5.41) is 7.17. The zero-order chi connectivity index (χ0) is 12.3. The standard InChI is InChI=1S/C12H20ClN3O.HI/c1-3-14-12(15-7-8(2)13)16-10-6-9-4-5-11(10)17-9;/h9-11H,2-7H2,1H3,(H2,14,15,16);1H. The Morgan fingerprint density at radius 2 is 2.28 bits per heavy atom. The molecular formula is C12H21ClIN3O. The molecule has 0 radical (unpaired) electrons. The second kappa shape index (κ2) is 7.55. The van der Waals surface area contributed by atoms with Crippen LogP contribution in [-0.2, 0) is 4.74 Å². The zero-order valence-electron chi connectivity index (χ0n) is 10.6. The van der Waals surface area contributed by atoms with Gasteiger partial charge in [-0.2, -0.15) is 0 Å². The summed E-state index contributed by atoms with van der Waals surface area (Å²) in [4.78, 5) is 4.37. The summed E-state index contributed by atoms with van der Waals surface area (Å²) >= 11 is 5.72. The number of hydrogen-bond acceptors (Lipinski definition) is 2. The molecule has 2 heterocycles. The maximum Gasteiger partial charge on any atom is 0.191 e. The fourth-order valence-electron chi connectivity index (χ4n) is 2.45. The van der Waals surface area contributed by atoms with E-state index < -0.39 is 0 Å². The molecule has 0 aromatic carbocycles. The second-order valence-electron chi connectivity index (χ2n) is 4.57. The van der Waals surface area contributed by atoms with E-state index in [9.17, 15) is 0 Å². The molecule has 0 aromatic heterocycles. The first kappa shape index (κ1) is 16.0. The Balaban J connectivity index is 0.00000162. The predicted octanol–water partition coefficient (Wildman–Crippen LogP) is 2.23. The van der Waals surface area contributed by atoms with E-state index in [1.807, 2.05) is 6.92 Å². The van der Waals surface area contributed by atoms with Crippen molar-refractivity contribution in [2.24, 2.45) is 4.99 Å². The van der Waals surface area contributed by atoms with Crippen molar-refractivity contribution >= 4 is 41.5 Å². The Kier molecular flexibility index (Phi) is 6.73. The summed E-state index contributed by atoms with van der Waals surface area (Å²) in [6.07, 6.45) is 4.24. The van der Waals surface area contributed by atoms with Crippen LogP contribution in [0.4, 0.5) is 0 Å². The first-order chi connectivity index (χ1) is 8.19. The third-order valence-corrected chi connectivity index (χ3v) is 3.30. The van der Waals surface area contributed by atoms with E-state index in [0.29, 0.717) is 29.8 Å². The van der Waals surface area contributed by atoms with Gasteiger partial charge in [0.1, 0.15) is 0 Å². The average Bonchev–Trinajstić information content (AvgIpc) is 2.88. The van der Waals surface area contributed by atoms with E-state index in [2.05, 4.69) is 22.2 Å². The molecule has 0 spiro atoms. The number of nitrogens with zero attached hydrogens (tertiary/aromatic N) is 1. The molecular weight excluding hydrogens is 365 g/mol. The van der Waals surface area contributed by atoms with Crippen LogP contribution in [0.5, 0.6) is 0 Å². The molecule has 2 bridgehead atoms. The van der Waals surface area contributed by atoms with Gasteiger partial charge < -0.3 is 15.4 Å². The second-order valence-corrected chi connectivity index (χ2v) is 5.11. The summed E-state index contributed by atoms with van der Waals surface area (Å²) in [6.45, 7) is 6.96. The maximum atomic E-state index is 5.80. The van der Waals surface area contributed by atoms with E-state index in [-0.39, 0.29) is 24.0 Å².